The summed E-state index contributed by atoms with van der Waals surface area (Å²) in [5.74, 6) is 0.0403. The van der Waals surface area contributed by atoms with Crippen LogP contribution in [0.15, 0.2) is 53.5 Å². The molecule has 0 aliphatic carbocycles. The Bertz CT molecular complexity index is 695. The number of carbonyl (C=O) groups excluding carboxylic acids is 1. The molecule has 0 fully saturated rings. The van der Waals surface area contributed by atoms with Crippen LogP contribution in [0.1, 0.15) is 28.8 Å². The van der Waals surface area contributed by atoms with E-state index in [1.165, 1.54) is 16.2 Å². The number of pyridine rings is 1. The lowest BCUT2D eigenvalue weighted by Gasteiger charge is -2.13. The van der Waals surface area contributed by atoms with Gasteiger partial charge in [-0.05, 0) is 17.5 Å². The lowest BCUT2D eigenvalue weighted by molar-refractivity contribution is 0.0950. The molecule has 2 aromatic rings. The molecule has 0 bridgehead atoms. The van der Waals surface area contributed by atoms with Crippen LogP contribution in [-0.2, 0) is 11.3 Å². The van der Waals surface area contributed by atoms with Gasteiger partial charge in [0.15, 0.2) is 0 Å². The van der Waals surface area contributed by atoms with E-state index in [-0.39, 0.29) is 17.4 Å². The Morgan fingerprint density at radius 3 is 2.65 bits per heavy atom. The Balaban J connectivity index is 1.99. The van der Waals surface area contributed by atoms with Crippen LogP contribution in [0.5, 0.6) is 0 Å². The number of benzene rings is 1. The van der Waals surface area contributed by atoms with Crippen LogP contribution in [0.4, 0.5) is 0 Å². The standard InChI is InChI=1S/C18H22N2O3/c1-14(15-6-4-3-5-7-15)12-19-18(22)16-8-9-17(21)20(13-16)10-11-23-2/h3-9,13-14H,10-12H2,1-2H3,(H,19,22). The van der Waals surface area contributed by atoms with Gasteiger partial charge < -0.3 is 14.6 Å². The molecule has 1 atom stereocenters. The normalized spacial score (nSPS) is 11.9. The Hall–Kier alpha value is -2.40. The van der Waals surface area contributed by atoms with Crippen molar-refractivity contribution in [2.45, 2.75) is 19.4 Å². The maximum atomic E-state index is 12.3. The zero-order valence-electron chi connectivity index (χ0n) is 13.5. The number of rotatable bonds is 7. The third kappa shape index (κ3) is 4.79. The molecular weight excluding hydrogens is 292 g/mol. The second kappa shape index (κ2) is 8.29. The van der Waals surface area contributed by atoms with E-state index in [1.54, 1.807) is 19.4 Å². The van der Waals surface area contributed by atoms with Crippen molar-refractivity contribution < 1.29 is 9.53 Å². The van der Waals surface area contributed by atoms with Gasteiger partial charge in [0.25, 0.3) is 11.5 Å². The molecule has 0 aliphatic heterocycles. The minimum Gasteiger partial charge on any atom is -0.383 e. The minimum absolute atomic E-state index is 0.142. The van der Waals surface area contributed by atoms with Gasteiger partial charge in [0.1, 0.15) is 0 Å². The number of hydrogen-bond acceptors (Lipinski definition) is 3. The Morgan fingerprint density at radius 2 is 1.96 bits per heavy atom. The Morgan fingerprint density at radius 1 is 1.22 bits per heavy atom. The highest BCUT2D eigenvalue weighted by molar-refractivity contribution is 5.93. The van der Waals surface area contributed by atoms with E-state index in [2.05, 4.69) is 12.2 Å². The zero-order chi connectivity index (χ0) is 16.7. The van der Waals surface area contributed by atoms with Crippen molar-refractivity contribution in [3.05, 3.63) is 70.1 Å². The molecule has 1 amide bonds. The topological polar surface area (TPSA) is 60.3 Å². The molecule has 0 spiro atoms. The number of methoxy groups -OCH3 is 1. The molecule has 5 nitrogen and oxygen atoms in total. The summed E-state index contributed by atoms with van der Waals surface area (Å²) < 4.78 is 6.45. The van der Waals surface area contributed by atoms with Crippen molar-refractivity contribution >= 4 is 5.91 Å². The Kier molecular flexibility index (Phi) is 6.11. The zero-order valence-corrected chi connectivity index (χ0v) is 13.5. The monoisotopic (exact) mass is 314 g/mol. The summed E-state index contributed by atoms with van der Waals surface area (Å²) in [6.45, 7) is 3.46. The first-order chi connectivity index (χ1) is 11.1. The first-order valence-electron chi connectivity index (χ1n) is 7.64. The molecule has 1 N–H and O–H groups in total. The molecule has 1 aromatic heterocycles. The summed E-state index contributed by atoms with van der Waals surface area (Å²) >= 11 is 0. The van der Waals surface area contributed by atoms with Crippen LogP contribution in [0.3, 0.4) is 0 Å². The van der Waals surface area contributed by atoms with Gasteiger partial charge in [-0.25, -0.2) is 0 Å². The van der Waals surface area contributed by atoms with E-state index in [1.807, 2.05) is 30.3 Å². The number of hydrogen-bond donors (Lipinski definition) is 1. The first kappa shape index (κ1) is 17.0. The molecule has 1 heterocycles. The van der Waals surface area contributed by atoms with Crippen molar-refractivity contribution in [1.82, 2.24) is 9.88 Å². The number of nitrogens with zero attached hydrogens (tertiary/aromatic N) is 1. The van der Waals surface area contributed by atoms with Crippen LogP contribution in [0, 0.1) is 0 Å². The highest BCUT2D eigenvalue weighted by Crippen LogP contribution is 2.13. The highest BCUT2D eigenvalue weighted by atomic mass is 16.5. The maximum Gasteiger partial charge on any atom is 0.252 e. The van der Waals surface area contributed by atoms with Gasteiger partial charge in [0.05, 0.1) is 12.2 Å². The van der Waals surface area contributed by atoms with Gasteiger partial charge in [-0.1, -0.05) is 37.3 Å². The van der Waals surface area contributed by atoms with Gasteiger partial charge >= 0.3 is 0 Å². The number of nitrogens with one attached hydrogen (secondary N) is 1. The van der Waals surface area contributed by atoms with Crippen molar-refractivity contribution in [2.75, 3.05) is 20.3 Å². The predicted molar refractivity (Wildman–Crippen MR) is 89.8 cm³/mol. The fourth-order valence-corrected chi connectivity index (χ4v) is 2.28. The van der Waals surface area contributed by atoms with Gasteiger partial charge in [-0.15, -0.1) is 0 Å². The molecular formula is C18H22N2O3. The molecule has 0 saturated carbocycles. The van der Waals surface area contributed by atoms with E-state index < -0.39 is 0 Å². The molecule has 2 rings (SSSR count). The molecule has 122 valence electrons. The fraction of sp³-hybridized carbons (Fsp3) is 0.333. The number of aromatic nitrogens is 1. The SMILES string of the molecule is COCCn1cc(C(=O)NCC(C)c2ccccc2)ccc1=O. The second-order valence-corrected chi connectivity index (χ2v) is 5.46. The maximum absolute atomic E-state index is 12.3. The van der Waals surface area contributed by atoms with E-state index >= 15 is 0 Å². The number of amides is 1. The van der Waals surface area contributed by atoms with Crippen LogP contribution < -0.4 is 10.9 Å². The van der Waals surface area contributed by atoms with E-state index in [9.17, 15) is 9.59 Å². The summed E-state index contributed by atoms with van der Waals surface area (Å²) in [6, 6.07) is 13.0. The Labute approximate surface area is 135 Å². The number of ether oxygens (including phenoxy) is 1. The van der Waals surface area contributed by atoms with Crippen molar-refractivity contribution in [1.29, 1.82) is 0 Å². The van der Waals surface area contributed by atoms with Crippen molar-refractivity contribution in [2.24, 2.45) is 0 Å². The lowest BCUT2D eigenvalue weighted by Crippen LogP contribution is -2.29. The second-order valence-electron chi connectivity index (χ2n) is 5.46. The van der Waals surface area contributed by atoms with Crippen LogP contribution in [-0.4, -0.2) is 30.7 Å². The van der Waals surface area contributed by atoms with Gasteiger partial charge in [-0.3, -0.25) is 9.59 Å². The average molecular weight is 314 g/mol. The fourth-order valence-electron chi connectivity index (χ4n) is 2.28. The molecule has 5 heteroatoms. The van der Waals surface area contributed by atoms with E-state index in [4.69, 9.17) is 4.74 Å². The third-order valence-electron chi connectivity index (χ3n) is 3.72. The summed E-state index contributed by atoms with van der Waals surface area (Å²) in [7, 11) is 1.58. The highest BCUT2D eigenvalue weighted by Gasteiger charge is 2.10. The largest absolute Gasteiger partial charge is 0.383 e. The third-order valence-corrected chi connectivity index (χ3v) is 3.72. The van der Waals surface area contributed by atoms with Crippen molar-refractivity contribution in [3.8, 4) is 0 Å². The summed E-state index contributed by atoms with van der Waals surface area (Å²) in [4.78, 5) is 24.0. The lowest BCUT2D eigenvalue weighted by atomic mass is 10.0. The molecule has 1 aromatic carbocycles. The summed E-state index contributed by atoms with van der Waals surface area (Å²) in [6.07, 6.45) is 1.57. The van der Waals surface area contributed by atoms with Crippen LogP contribution in [0.2, 0.25) is 0 Å². The molecule has 0 aliphatic rings. The summed E-state index contributed by atoms with van der Waals surface area (Å²) in [5, 5.41) is 2.91. The number of carbonyl (C=O) groups is 1. The van der Waals surface area contributed by atoms with Gasteiger partial charge in [-0.2, -0.15) is 0 Å². The van der Waals surface area contributed by atoms with Gasteiger partial charge in [0, 0.05) is 32.5 Å². The smallest absolute Gasteiger partial charge is 0.252 e. The average Bonchev–Trinajstić information content (AvgIpc) is 2.59. The van der Waals surface area contributed by atoms with Crippen LogP contribution >= 0.6 is 0 Å². The molecule has 23 heavy (non-hydrogen) atoms. The van der Waals surface area contributed by atoms with Crippen molar-refractivity contribution in [3.63, 3.8) is 0 Å². The molecule has 1 unspecified atom stereocenters. The predicted octanol–water partition coefficient (Wildman–Crippen LogP) is 2.03. The molecule has 0 radical (unpaired) electrons. The summed E-state index contributed by atoms with van der Waals surface area (Å²) in [5.41, 5.74) is 1.51. The van der Waals surface area contributed by atoms with Crippen LogP contribution in [0.25, 0.3) is 0 Å². The van der Waals surface area contributed by atoms with E-state index in [0.717, 1.165) is 0 Å². The van der Waals surface area contributed by atoms with Gasteiger partial charge in [0.2, 0.25) is 0 Å². The minimum atomic E-state index is -0.182. The molecule has 0 saturated heterocycles. The quantitative estimate of drug-likeness (QED) is 0.850. The van der Waals surface area contributed by atoms with E-state index in [0.29, 0.717) is 25.3 Å². The first-order valence-corrected chi connectivity index (χ1v) is 7.64.